The molecule has 1 amide bonds. The van der Waals surface area contributed by atoms with Crippen molar-refractivity contribution in [3.8, 4) is 0 Å². The largest absolute Gasteiger partial charge is 0.339 e. The van der Waals surface area contributed by atoms with Crippen molar-refractivity contribution in [1.29, 1.82) is 0 Å². The number of hydrogen-bond acceptors (Lipinski definition) is 2. The standard InChI is InChI=1S/C14H24N2O/c1-3-15(13-6-7-13)9-4-5-14(17)16-10-8-12(2)11-16/h4-5,12-13H,3,6-11H2,1-2H3/b5-4+/t12-/m1/s1. The summed E-state index contributed by atoms with van der Waals surface area (Å²) in [5.74, 6) is 0.868. The molecule has 3 heteroatoms. The smallest absolute Gasteiger partial charge is 0.246 e. The average Bonchev–Trinajstić information content (AvgIpc) is 3.06. The first-order valence-corrected chi connectivity index (χ1v) is 6.90. The molecule has 0 aromatic carbocycles. The Morgan fingerprint density at radius 1 is 1.41 bits per heavy atom. The summed E-state index contributed by atoms with van der Waals surface area (Å²) in [5, 5.41) is 0. The number of hydrogen-bond donors (Lipinski definition) is 0. The minimum Gasteiger partial charge on any atom is -0.339 e. The van der Waals surface area contributed by atoms with E-state index in [0.717, 1.165) is 38.6 Å². The van der Waals surface area contributed by atoms with Crippen LogP contribution in [0.15, 0.2) is 12.2 Å². The molecular weight excluding hydrogens is 212 g/mol. The predicted octanol–water partition coefficient (Wildman–Crippen LogP) is 1.90. The highest BCUT2D eigenvalue weighted by Crippen LogP contribution is 2.26. The number of likely N-dealkylation sites (N-methyl/N-ethyl adjacent to an activating group) is 1. The van der Waals surface area contributed by atoms with E-state index < -0.39 is 0 Å². The van der Waals surface area contributed by atoms with E-state index in [-0.39, 0.29) is 5.91 Å². The Labute approximate surface area is 104 Å². The third-order valence-corrected chi connectivity index (χ3v) is 3.81. The van der Waals surface area contributed by atoms with Gasteiger partial charge in [0.25, 0.3) is 0 Å². The molecule has 1 aliphatic carbocycles. The van der Waals surface area contributed by atoms with Crippen molar-refractivity contribution in [2.75, 3.05) is 26.2 Å². The summed E-state index contributed by atoms with van der Waals surface area (Å²) in [5.41, 5.74) is 0. The maximum atomic E-state index is 11.9. The molecule has 1 aliphatic heterocycles. The molecule has 0 unspecified atom stereocenters. The molecule has 0 aromatic heterocycles. The van der Waals surface area contributed by atoms with E-state index in [9.17, 15) is 4.79 Å². The zero-order chi connectivity index (χ0) is 12.3. The molecule has 2 rings (SSSR count). The molecule has 17 heavy (non-hydrogen) atoms. The molecule has 0 bridgehead atoms. The number of carbonyl (C=O) groups excluding carboxylic acids is 1. The zero-order valence-electron chi connectivity index (χ0n) is 11.1. The molecule has 0 radical (unpaired) electrons. The van der Waals surface area contributed by atoms with Crippen LogP contribution in [0.5, 0.6) is 0 Å². The van der Waals surface area contributed by atoms with Crippen LogP contribution in [0.2, 0.25) is 0 Å². The van der Waals surface area contributed by atoms with E-state index in [1.807, 2.05) is 11.0 Å². The summed E-state index contributed by atoms with van der Waals surface area (Å²) >= 11 is 0. The maximum absolute atomic E-state index is 11.9. The molecule has 3 nitrogen and oxygen atoms in total. The van der Waals surface area contributed by atoms with Crippen molar-refractivity contribution in [1.82, 2.24) is 9.80 Å². The fourth-order valence-corrected chi connectivity index (χ4v) is 2.51. The number of carbonyl (C=O) groups is 1. The van der Waals surface area contributed by atoms with Gasteiger partial charge in [-0.1, -0.05) is 19.9 Å². The van der Waals surface area contributed by atoms with E-state index in [1.165, 1.54) is 12.8 Å². The molecule has 0 aromatic rings. The first kappa shape index (κ1) is 12.6. The van der Waals surface area contributed by atoms with Crippen molar-refractivity contribution in [3.05, 3.63) is 12.2 Å². The van der Waals surface area contributed by atoms with Gasteiger partial charge in [0.05, 0.1) is 0 Å². The lowest BCUT2D eigenvalue weighted by molar-refractivity contribution is -0.125. The minimum absolute atomic E-state index is 0.196. The summed E-state index contributed by atoms with van der Waals surface area (Å²) in [6.07, 6.45) is 7.62. The Morgan fingerprint density at radius 2 is 2.18 bits per heavy atom. The Morgan fingerprint density at radius 3 is 2.71 bits per heavy atom. The molecule has 1 saturated carbocycles. The quantitative estimate of drug-likeness (QED) is 0.681. The fourth-order valence-electron chi connectivity index (χ4n) is 2.51. The molecule has 1 saturated heterocycles. The number of rotatable bonds is 5. The van der Waals surface area contributed by atoms with Gasteiger partial charge in [0.1, 0.15) is 0 Å². The maximum Gasteiger partial charge on any atom is 0.246 e. The third-order valence-electron chi connectivity index (χ3n) is 3.81. The Bertz CT molecular complexity index is 297. The van der Waals surface area contributed by atoms with E-state index in [2.05, 4.69) is 18.7 Å². The molecule has 1 heterocycles. The number of nitrogens with zero attached hydrogens (tertiary/aromatic N) is 2. The number of likely N-dealkylation sites (tertiary alicyclic amines) is 1. The highest BCUT2D eigenvalue weighted by atomic mass is 16.2. The first-order chi connectivity index (χ1) is 8.20. The minimum atomic E-state index is 0.196. The highest BCUT2D eigenvalue weighted by molar-refractivity contribution is 5.87. The van der Waals surface area contributed by atoms with Crippen LogP contribution in [-0.2, 0) is 4.79 Å². The van der Waals surface area contributed by atoms with E-state index in [4.69, 9.17) is 0 Å². The summed E-state index contributed by atoms with van der Waals surface area (Å²) < 4.78 is 0. The van der Waals surface area contributed by atoms with Crippen LogP contribution in [0, 0.1) is 5.92 Å². The highest BCUT2D eigenvalue weighted by Gasteiger charge is 2.27. The predicted molar refractivity (Wildman–Crippen MR) is 69.8 cm³/mol. The average molecular weight is 236 g/mol. The SMILES string of the molecule is CCN(C/C=C/C(=O)N1CC[C@@H](C)C1)C1CC1. The molecule has 0 N–H and O–H groups in total. The monoisotopic (exact) mass is 236 g/mol. The third kappa shape index (κ3) is 3.56. The van der Waals surface area contributed by atoms with Crippen LogP contribution in [-0.4, -0.2) is 47.9 Å². The van der Waals surface area contributed by atoms with Crippen LogP contribution >= 0.6 is 0 Å². The van der Waals surface area contributed by atoms with Gasteiger partial charge in [0, 0.05) is 31.8 Å². The zero-order valence-corrected chi connectivity index (χ0v) is 11.1. The Balaban J connectivity index is 1.73. The van der Waals surface area contributed by atoms with Crippen LogP contribution in [0.1, 0.15) is 33.1 Å². The van der Waals surface area contributed by atoms with Crippen LogP contribution < -0.4 is 0 Å². The second-order valence-corrected chi connectivity index (χ2v) is 5.40. The van der Waals surface area contributed by atoms with Gasteiger partial charge in [-0.15, -0.1) is 0 Å². The van der Waals surface area contributed by atoms with Crippen LogP contribution in [0.4, 0.5) is 0 Å². The van der Waals surface area contributed by atoms with Crippen molar-refractivity contribution < 1.29 is 4.79 Å². The normalized spacial score (nSPS) is 25.1. The lowest BCUT2D eigenvalue weighted by Crippen LogP contribution is -2.28. The van der Waals surface area contributed by atoms with Gasteiger partial charge in [0.15, 0.2) is 0 Å². The fraction of sp³-hybridized carbons (Fsp3) is 0.786. The molecule has 96 valence electrons. The van der Waals surface area contributed by atoms with E-state index in [0.29, 0.717) is 5.92 Å². The van der Waals surface area contributed by atoms with Crippen LogP contribution in [0.25, 0.3) is 0 Å². The summed E-state index contributed by atoms with van der Waals surface area (Å²) in [6, 6.07) is 0.784. The molecule has 2 fully saturated rings. The molecule has 2 aliphatic rings. The summed E-state index contributed by atoms with van der Waals surface area (Å²) in [4.78, 5) is 16.3. The number of amides is 1. The summed E-state index contributed by atoms with van der Waals surface area (Å²) in [6.45, 7) is 8.28. The van der Waals surface area contributed by atoms with Crippen molar-refractivity contribution in [2.45, 2.75) is 39.2 Å². The van der Waals surface area contributed by atoms with Gasteiger partial charge in [-0.25, -0.2) is 0 Å². The van der Waals surface area contributed by atoms with Gasteiger partial charge in [0.2, 0.25) is 5.91 Å². The Kier molecular flexibility index (Phi) is 4.21. The van der Waals surface area contributed by atoms with E-state index in [1.54, 1.807) is 6.08 Å². The topological polar surface area (TPSA) is 23.6 Å². The van der Waals surface area contributed by atoms with Crippen LogP contribution in [0.3, 0.4) is 0 Å². The van der Waals surface area contributed by atoms with Gasteiger partial charge in [-0.3, -0.25) is 9.69 Å². The molecular formula is C14H24N2O. The van der Waals surface area contributed by atoms with E-state index >= 15 is 0 Å². The van der Waals surface area contributed by atoms with Crippen molar-refractivity contribution in [2.24, 2.45) is 5.92 Å². The first-order valence-electron chi connectivity index (χ1n) is 6.90. The van der Waals surface area contributed by atoms with Crippen molar-refractivity contribution >= 4 is 5.91 Å². The van der Waals surface area contributed by atoms with Gasteiger partial charge >= 0.3 is 0 Å². The van der Waals surface area contributed by atoms with Gasteiger partial charge in [-0.05, 0) is 31.7 Å². The second-order valence-electron chi connectivity index (χ2n) is 5.40. The van der Waals surface area contributed by atoms with Crippen molar-refractivity contribution in [3.63, 3.8) is 0 Å². The lowest BCUT2D eigenvalue weighted by atomic mass is 10.2. The second kappa shape index (κ2) is 5.67. The van der Waals surface area contributed by atoms with Gasteiger partial charge in [-0.2, -0.15) is 0 Å². The summed E-state index contributed by atoms with van der Waals surface area (Å²) in [7, 11) is 0. The molecule has 1 atom stereocenters. The Hall–Kier alpha value is -0.830. The lowest BCUT2D eigenvalue weighted by Gasteiger charge is -2.17. The van der Waals surface area contributed by atoms with Gasteiger partial charge < -0.3 is 4.90 Å². The molecule has 0 spiro atoms.